The molecule has 1 aliphatic heterocycles. The van der Waals surface area contributed by atoms with Crippen molar-refractivity contribution in [2.24, 2.45) is 11.7 Å². The van der Waals surface area contributed by atoms with E-state index in [4.69, 9.17) is 5.73 Å². The fourth-order valence-corrected chi connectivity index (χ4v) is 2.94. The third-order valence-corrected chi connectivity index (χ3v) is 3.95. The van der Waals surface area contributed by atoms with Gasteiger partial charge in [-0.05, 0) is 25.2 Å². The predicted molar refractivity (Wildman–Crippen MR) is 55.6 cm³/mol. The van der Waals surface area contributed by atoms with Gasteiger partial charge in [0.2, 0.25) is 0 Å². The van der Waals surface area contributed by atoms with Crippen molar-refractivity contribution in [3.05, 3.63) is 0 Å². The molecule has 2 rings (SSSR count). The Morgan fingerprint density at radius 1 is 1.23 bits per heavy atom. The summed E-state index contributed by atoms with van der Waals surface area (Å²) in [6, 6.07) is 1.57. The molecule has 2 aliphatic rings. The van der Waals surface area contributed by atoms with E-state index in [2.05, 4.69) is 11.8 Å². The Bertz CT molecular complexity index is 167. The van der Waals surface area contributed by atoms with E-state index < -0.39 is 0 Å². The monoisotopic (exact) mass is 182 g/mol. The first-order chi connectivity index (χ1) is 6.33. The first kappa shape index (κ1) is 9.47. The van der Waals surface area contributed by atoms with Crippen LogP contribution in [0.25, 0.3) is 0 Å². The summed E-state index contributed by atoms with van der Waals surface area (Å²) in [6.07, 6.45) is 7.05. The van der Waals surface area contributed by atoms with E-state index in [0.29, 0.717) is 6.04 Å². The molecule has 3 unspecified atom stereocenters. The van der Waals surface area contributed by atoms with Crippen LogP contribution in [0.2, 0.25) is 0 Å². The zero-order valence-electron chi connectivity index (χ0n) is 8.71. The molecule has 0 aromatic rings. The second-order valence-electron chi connectivity index (χ2n) is 4.75. The highest BCUT2D eigenvalue weighted by Crippen LogP contribution is 2.33. The van der Waals surface area contributed by atoms with Crippen molar-refractivity contribution < 1.29 is 0 Å². The molecule has 2 fully saturated rings. The van der Waals surface area contributed by atoms with Gasteiger partial charge in [-0.2, -0.15) is 0 Å². The van der Waals surface area contributed by atoms with Gasteiger partial charge >= 0.3 is 0 Å². The lowest BCUT2D eigenvalue weighted by atomic mass is 9.82. The average Bonchev–Trinajstić information content (AvgIpc) is 2.08. The van der Waals surface area contributed by atoms with Gasteiger partial charge in [0.1, 0.15) is 0 Å². The molecule has 0 aromatic heterocycles. The quantitative estimate of drug-likeness (QED) is 0.703. The SMILES string of the molecule is CC1CCCCC1N1CCC1CN. The summed E-state index contributed by atoms with van der Waals surface area (Å²) in [5, 5.41) is 0. The standard InChI is InChI=1S/C11H22N2/c1-9-4-2-3-5-11(9)13-7-6-10(13)8-12/h9-11H,2-8,12H2,1H3. The molecule has 1 saturated heterocycles. The fraction of sp³-hybridized carbons (Fsp3) is 1.00. The molecule has 1 aliphatic carbocycles. The summed E-state index contributed by atoms with van der Waals surface area (Å²) in [5.41, 5.74) is 5.73. The summed E-state index contributed by atoms with van der Waals surface area (Å²) in [4.78, 5) is 2.66. The van der Waals surface area contributed by atoms with Crippen LogP contribution in [0.1, 0.15) is 39.0 Å². The maximum absolute atomic E-state index is 5.73. The number of nitrogens with two attached hydrogens (primary N) is 1. The zero-order valence-corrected chi connectivity index (χ0v) is 8.71. The van der Waals surface area contributed by atoms with E-state index in [-0.39, 0.29) is 0 Å². The molecular formula is C11H22N2. The van der Waals surface area contributed by atoms with Crippen LogP contribution in [0.5, 0.6) is 0 Å². The third kappa shape index (κ3) is 1.75. The van der Waals surface area contributed by atoms with Crippen molar-refractivity contribution >= 4 is 0 Å². The number of hydrogen-bond acceptors (Lipinski definition) is 2. The summed E-state index contributed by atoms with van der Waals surface area (Å²) < 4.78 is 0. The van der Waals surface area contributed by atoms with Gasteiger partial charge in [0.25, 0.3) is 0 Å². The Kier molecular flexibility index (Phi) is 2.89. The van der Waals surface area contributed by atoms with Gasteiger partial charge in [-0.1, -0.05) is 19.8 Å². The topological polar surface area (TPSA) is 29.3 Å². The maximum Gasteiger partial charge on any atom is 0.0233 e. The number of rotatable bonds is 2. The van der Waals surface area contributed by atoms with Crippen LogP contribution in [-0.2, 0) is 0 Å². The van der Waals surface area contributed by atoms with Crippen molar-refractivity contribution in [2.45, 2.75) is 51.1 Å². The minimum atomic E-state index is 0.713. The summed E-state index contributed by atoms with van der Waals surface area (Å²) in [6.45, 7) is 4.58. The number of likely N-dealkylation sites (tertiary alicyclic amines) is 1. The molecule has 0 radical (unpaired) electrons. The number of hydrogen-bond donors (Lipinski definition) is 1. The highest BCUT2D eigenvalue weighted by atomic mass is 15.2. The van der Waals surface area contributed by atoms with E-state index in [1.54, 1.807) is 0 Å². The summed E-state index contributed by atoms with van der Waals surface area (Å²) >= 11 is 0. The van der Waals surface area contributed by atoms with Gasteiger partial charge in [-0.15, -0.1) is 0 Å². The second-order valence-corrected chi connectivity index (χ2v) is 4.75. The Hall–Kier alpha value is -0.0800. The normalized spacial score (nSPS) is 41.5. The molecular weight excluding hydrogens is 160 g/mol. The molecule has 2 nitrogen and oxygen atoms in total. The van der Waals surface area contributed by atoms with Crippen molar-refractivity contribution in [1.82, 2.24) is 4.90 Å². The zero-order chi connectivity index (χ0) is 9.26. The molecule has 0 bridgehead atoms. The van der Waals surface area contributed by atoms with Gasteiger partial charge in [-0.25, -0.2) is 0 Å². The Balaban J connectivity index is 1.91. The molecule has 2 N–H and O–H groups in total. The van der Waals surface area contributed by atoms with Crippen LogP contribution in [0.3, 0.4) is 0 Å². The molecule has 13 heavy (non-hydrogen) atoms. The molecule has 1 saturated carbocycles. The predicted octanol–water partition coefficient (Wildman–Crippen LogP) is 1.60. The minimum absolute atomic E-state index is 0.713. The van der Waals surface area contributed by atoms with Crippen molar-refractivity contribution in [3.8, 4) is 0 Å². The van der Waals surface area contributed by atoms with Crippen LogP contribution in [0.15, 0.2) is 0 Å². The van der Waals surface area contributed by atoms with Crippen LogP contribution in [-0.4, -0.2) is 30.1 Å². The molecule has 0 spiro atoms. The minimum Gasteiger partial charge on any atom is -0.329 e. The third-order valence-electron chi connectivity index (χ3n) is 3.95. The Morgan fingerprint density at radius 2 is 2.00 bits per heavy atom. The summed E-state index contributed by atoms with van der Waals surface area (Å²) in [7, 11) is 0. The summed E-state index contributed by atoms with van der Waals surface area (Å²) in [5.74, 6) is 0.906. The van der Waals surface area contributed by atoms with Gasteiger partial charge in [0.05, 0.1) is 0 Å². The van der Waals surface area contributed by atoms with Crippen LogP contribution in [0.4, 0.5) is 0 Å². The highest BCUT2D eigenvalue weighted by Gasteiger charge is 2.36. The van der Waals surface area contributed by atoms with Crippen LogP contribution >= 0.6 is 0 Å². The van der Waals surface area contributed by atoms with E-state index in [1.165, 1.54) is 38.6 Å². The Labute approximate surface area is 81.5 Å². The van der Waals surface area contributed by atoms with Gasteiger partial charge < -0.3 is 5.73 Å². The van der Waals surface area contributed by atoms with Crippen molar-refractivity contribution in [3.63, 3.8) is 0 Å². The molecule has 76 valence electrons. The first-order valence-corrected chi connectivity index (χ1v) is 5.78. The maximum atomic E-state index is 5.73. The molecule has 3 atom stereocenters. The first-order valence-electron chi connectivity index (χ1n) is 5.78. The van der Waals surface area contributed by atoms with Gasteiger partial charge in [-0.3, -0.25) is 4.90 Å². The molecule has 0 aromatic carbocycles. The molecule has 1 heterocycles. The highest BCUT2D eigenvalue weighted by molar-refractivity contribution is 4.92. The lowest BCUT2D eigenvalue weighted by Gasteiger charge is -2.49. The van der Waals surface area contributed by atoms with Gasteiger partial charge in [0, 0.05) is 25.2 Å². The Morgan fingerprint density at radius 3 is 2.54 bits per heavy atom. The number of nitrogens with zero attached hydrogens (tertiary/aromatic N) is 1. The van der Waals surface area contributed by atoms with Crippen LogP contribution < -0.4 is 5.73 Å². The van der Waals surface area contributed by atoms with Gasteiger partial charge in [0.15, 0.2) is 0 Å². The van der Waals surface area contributed by atoms with Crippen molar-refractivity contribution in [1.29, 1.82) is 0 Å². The van der Waals surface area contributed by atoms with Crippen molar-refractivity contribution in [2.75, 3.05) is 13.1 Å². The lowest BCUT2D eigenvalue weighted by Crippen LogP contribution is -2.58. The second kappa shape index (κ2) is 3.97. The van der Waals surface area contributed by atoms with Crippen LogP contribution in [0, 0.1) is 5.92 Å². The van der Waals surface area contributed by atoms with E-state index in [9.17, 15) is 0 Å². The molecule has 0 amide bonds. The van der Waals surface area contributed by atoms with E-state index in [0.717, 1.165) is 18.5 Å². The fourth-order valence-electron chi connectivity index (χ4n) is 2.94. The van der Waals surface area contributed by atoms with E-state index >= 15 is 0 Å². The smallest absolute Gasteiger partial charge is 0.0233 e. The van der Waals surface area contributed by atoms with E-state index in [1.807, 2.05) is 0 Å². The largest absolute Gasteiger partial charge is 0.329 e. The average molecular weight is 182 g/mol. The molecule has 2 heteroatoms. The lowest BCUT2D eigenvalue weighted by molar-refractivity contribution is 0.00442.